The number of hydrogen-bond donors (Lipinski definition) is 1. The Bertz CT molecular complexity index is 845. The summed E-state index contributed by atoms with van der Waals surface area (Å²) in [6, 6.07) is 16.3. The van der Waals surface area contributed by atoms with E-state index in [4.69, 9.17) is 14.2 Å². The first-order valence-corrected chi connectivity index (χ1v) is 8.04. The second kappa shape index (κ2) is 9.15. The summed E-state index contributed by atoms with van der Waals surface area (Å²) in [5, 5.41) is 21.1. The van der Waals surface area contributed by atoms with Crippen molar-refractivity contribution in [3.05, 3.63) is 48.5 Å². The molecule has 0 amide bonds. The van der Waals surface area contributed by atoms with Crippen molar-refractivity contribution in [3.63, 3.8) is 0 Å². The van der Waals surface area contributed by atoms with Crippen molar-refractivity contribution in [2.45, 2.75) is 0 Å². The smallest absolute Gasteiger partial charge is 0.270 e. The molecule has 2 aromatic carbocycles. The maximum Gasteiger partial charge on any atom is 0.270 e. The standard InChI is InChI=1S/C18H17N5O3/c19-13-18-22-20-14-5-1-3-7-16(14)25-11-9-24-10-12-26-17-8-4-2-6-15(17)21-23-18/h1-8,20H,9-12H2/b22-18-,23-21?. The van der Waals surface area contributed by atoms with Crippen LogP contribution in [0.3, 0.4) is 0 Å². The fraction of sp³-hybridized carbons (Fsp3) is 0.222. The highest BCUT2D eigenvalue weighted by Crippen LogP contribution is 2.27. The summed E-state index contributed by atoms with van der Waals surface area (Å²) in [5.41, 5.74) is 3.91. The third-order valence-electron chi connectivity index (χ3n) is 3.36. The molecule has 0 atom stereocenters. The molecule has 8 nitrogen and oxygen atoms in total. The predicted octanol–water partition coefficient (Wildman–Crippen LogP) is 3.51. The molecule has 0 bridgehead atoms. The molecule has 0 saturated carbocycles. The molecule has 0 unspecified atom stereocenters. The third kappa shape index (κ3) is 4.78. The second-order valence-corrected chi connectivity index (χ2v) is 5.13. The first kappa shape index (κ1) is 17.4. The number of nitrogens with zero attached hydrogens (tertiary/aromatic N) is 4. The van der Waals surface area contributed by atoms with E-state index in [1.807, 2.05) is 30.3 Å². The van der Waals surface area contributed by atoms with Crippen molar-refractivity contribution in [1.29, 1.82) is 5.26 Å². The van der Waals surface area contributed by atoms with Gasteiger partial charge in [0.1, 0.15) is 36.5 Å². The number of hydrogen-bond acceptors (Lipinski definition) is 8. The van der Waals surface area contributed by atoms with Gasteiger partial charge >= 0.3 is 0 Å². The van der Waals surface area contributed by atoms with Gasteiger partial charge < -0.3 is 14.2 Å². The number of nitriles is 1. The van der Waals surface area contributed by atoms with Crippen LogP contribution in [0.5, 0.6) is 11.5 Å². The van der Waals surface area contributed by atoms with Crippen LogP contribution in [0.1, 0.15) is 0 Å². The third-order valence-corrected chi connectivity index (χ3v) is 3.36. The normalized spacial score (nSPS) is 17.1. The minimum absolute atomic E-state index is 0.120. The van der Waals surface area contributed by atoms with E-state index in [0.29, 0.717) is 49.3 Å². The lowest BCUT2D eigenvalue weighted by atomic mass is 10.3. The van der Waals surface area contributed by atoms with Gasteiger partial charge in [-0.1, -0.05) is 24.3 Å². The average molecular weight is 351 g/mol. The van der Waals surface area contributed by atoms with Crippen molar-refractivity contribution in [1.82, 2.24) is 0 Å². The first-order valence-electron chi connectivity index (χ1n) is 8.04. The Morgan fingerprint density at radius 2 is 1.54 bits per heavy atom. The van der Waals surface area contributed by atoms with Gasteiger partial charge in [0.2, 0.25) is 0 Å². The van der Waals surface area contributed by atoms with Crippen molar-refractivity contribution in [2.75, 3.05) is 31.9 Å². The molecule has 0 spiro atoms. The summed E-state index contributed by atoms with van der Waals surface area (Å²) in [6.07, 6.45) is 0. The molecule has 1 aliphatic rings. The lowest BCUT2D eigenvalue weighted by Crippen LogP contribution is -2.12. The molecule has 1 aliphatic heterocycles. The van der Waals surface area contributed by atoms with Gasteiger partial charge in [0.15, 0.2) is 0 Å². The molecule has 3 rings (SSSR count). The number of nitrogens with one attached hydrogen (secondary N) is 1. The van der Waals surface area contributed by atoms with Crippen LogP contribution in [0.15, 0.2) is 63.9 Å². The molecule has 0 radical (unpaired) electrons. The lowest BCUT2D eigenvalue weighted by molar-refractivity contribution is 0.0767. The Balaban J connectivity index is 1.88. The molecule has 1 heterocycles. The summed E-state index contributed by atoms with van der Waals surface area (Å²) >= 11 is 0. The molecule has 0 fully saturated rings. The molecule has 132 valence electrons. The Morgan fingerprint density at radius 3 is 2.35 bits per heavy atom. The van der Waals surface area contributed by atoms with Crippen LogP contribution < -0.4 is 14.9 Å². The number of hydrazone groups is 1. The van der Waals surface area contributed by atoms with E-state index in [9.17, 15) is 5.26 Å². The Kier molecular flexibility index (Phi) is 6.12. The topological polar surface area (TPSA) is 101 Å². The van der Waals surface area contributed by atoms with Crippen molar-refractivity contribution in [2.24, 2.45) is 15.3 Å². The summed E-state index contributed by atoms with van der Waals surface area (Å²) < 4.78 is 16.8. The van der Waals surface area contributed by atoms with E-state index in [1.165, 1.54) is 0 Å². The first-order chi connectivity index (χ1) is 12.9. The number of fused-ring (bicyclic) bond motifs is 2. The molecular weight excluding hydrogens is 334 g/mol. The molecule has 26 heavy (non-hydrogen) atoms. The zero-order valence-corrected chi connectivity index (χ0v) is 14.0. The maximum absolute atomic E-state index is 9.22. The molecule has 0 aliphatic carbocycles. The van der Waals surface area contributed by atoms with Crippen molar-refractivity contribution < 1.29 is 14.2 Å². The van der Waals surface area contributed by atoms with Crippen LogP contribution in [0, 0.1) is 11.3 Å². The summed E-state index contributed by atoms with van der Waals surface area (Å²) in [4.78, 5) is 0. The van der Waals surface area contributed by atoms with Gasteiger partial charge in [0.25, 0.3) is 5.84 Å². The minimum Gasteiger partial charge on any atom is -0.489 e. The summed E-state index contributed by atoms with van der Waals surface area (Å²) in [6.45, 7) is 1.58. The van der Waals surface area contributed by atoms with Crippen LogP contribution in [-0.4, -0.2) is 32.3 Å². The van der Waals surface area contributed by atoms with Gasteiger partial charge in [-0.05, 0) is 24.3 Å². The van der Waals surface area contributed by atoms with E-state index in [2.05, 4.69) is 20.8 Å². The van der Waals surface area contributed by atoms with Gasteiger partial charge in [-0.25, -0.2) is 0 Å². The predicted molar refractivity (Wildman–Crippen MR) is 95.9 cm³/mol. The number of anilines is 1. The van der Waals surface area contributed by atoms with Gasteiger partial charge in [-0.2, -0.15) is 5.26 Å². The van der Waals surface area contributed by atoms with Gasteiger partial charge in [-0.15, -0.1) is 15.3 Å². The SMILES string of the molecule is N#C/C1=N/Nc2ccccc2OCCOCCOc2ccccc2N=N1. The Labute approximate surface area is 150 Å². The van der Waals surface area contributed by atoms with Crippen LogP contribution >= 0.6 is 0 Å². The maximum atomic E-state index is 9.22. The van der Waals surface area contributed by atoms with Crippen molar-refractivity contribution >= 4 is 17.2 Å². The molecular formula is C18H17N5O3. The van der Waals surface area contributed by atoms with Crippen LogP contribution in [-0.2, 0) is 4.74 Å². The van der Waals surface area contributed by atoms with Gasteiger partial charge in [-0.3, -0.25) is 5.43 Å². The highest BCUT2D eigenvalue weighted by molar-refractivity contribution is 5.97. The average Bonchev–Trinajstić information content (AvgIpc) is 2.68. The van der Waals surface area contributed by atoms with Crippen molar-refractivity contribution in [3.8, 4) is 17.6 Å². The highest BCUT2D eigenvalue weighted by atomic mass is 16.5. The lowest BCUT2D eigenvalue weighted by Gasteiger charge is -2.12. The van der Waals surface area contributed by atoms with E-state index in [-0.39, 0.29) is 5.84 Å². The zero-order valence-electron chi connectivity index (χ0n) is 14.0. The number of ether oxygens (including phenoxy) is 3. The summed E-state index contributed by atoms with van der Waals surface area (Å²) in [5.74, 6) is 1.03. The van der Waals surface area contributed by atoms with E-state index in [0.717, 1.165) is 0 Å². The number of rotatable bonds is 0. The second-order valence-electron chi connectivity index (χ2n) is 5.13. The highest BCUT2D eigenvalue weighted by Gasteiger charge is 2.06. The molecule has 0 saturated heterocycles. The number of azo groups is 1. The van der Waals surface area contributed by atoms with Gasteiger partial charge in [0, 0.05) is 0 Å². The summed E-state index contributed by atoms with van der Waals surface area (Å²) in [7, 11) is 0. The molecule has 1 N–H and O–H groups in total. The minimum atomic E-state index is -0.120. The van der Waals surface area contributed by atoms with Crippen LogP contribution in [0.2, 0.25) is 0 Å². The van der Waals surface area contributed by atoms with Gasteiger partial charge in [0.05, 0.1) is 18.9 Å². The number of amidine groups is 1. The molecule has 8 heteroatoms. The zero-order chi connectivity index (χ0) is 18.0. The fourth-order valence-electron chi connectivity index (χ4n) is 2.15. The number of benzene rings is 2. The number of para-hydroxylation sites is 3. The van der Waals surface area contributed by atoms with Crippen LogP contribution in [0.4, 0.5) is 11.4 Å². The molecule has 0 aromatic heterocycles. The Hall–Kier alpha value is -3.44. The van der Waals surface area contributed by atoms with Crippen LogP contribution in [0.25, 0.3) is 0 Å². The monoisotopic (exact) mass is 351 g/mol. The quantitative estimate of drug-likeness (QED) is 0.783. The largest absolute Gasteiger partial charge is 0.489 e. The molecule has 2 aromatic rings. The fourth-order valence-corrected chi connectivity index (χ4v) is 2.15. The van der Waals surface area contributed by atoms with E-state index in [1.54, 1.807) is 24.3 Å². The van der Waals surface area contributed by atoms with E-state index >= 15 is 0 Å². The Morgan fingerprint density at radius 1 is 0.846 bits per heavy atom. The van der Waals surface area contributed by atoms with E-state index < -0.39 is 0 Å².